The van der Waals surface area contributed by atoms with Gasteiger partial charge in [0, 0.05) is 0 Å². The van der Waals surface area contributed by atoms with E-state index in [4.69, 9.17) is 5.73 Å². The van der Waals surface area contributed by atoms with E-state index in [1.165, 1.54) is 0 Å². The van der Waals surface area contributed by atoms with Gasteiger partial charge in [0.1, 0.15) is 0 Å². The summed E-state index contributed by atoms with van der Waals surface area (Å²) < 4.78 is 0. The largest absolute Gasteiger partial charge is 0.368 e. The molecule has 0 bridgehead atoms. The van der Waals surface area contributed by atoms with Crippen LogP contribution in [0.15, 0.2) is 17.5 Å². The molecule has 2 aromatic heterocycles. The van der Waals surface area contributed by atoms with Crippen LogP contribution < -0.4 is 11.1 Å². The number of thiophene rings is 1. The van der Waals surface area contributed by atoms with Gasteiger partial charge >= 0.3 is 0 Å². The number of nitrogen functional groups attached to an aromatic ring is 1. The number of aromatic nitrogens is 3. The Morgan fingerprint density at radius 1 is 1.50 bits per heavy atom. The highest BCUT2D eigenvalue weighted by Gasteiger charge is 1.98. The lowest BCUT2D eigenvalue weighted by molar-refractivity contribution is 1.10. The molecule has 0 saturated carbocycles. The van der Waals surface area contributed by atoms with Gasteiger partial charge in [0.2, 0.25) is 11.9 Å². The molecule has 0 atom stereocenters. The number of nitrogens with two attached hydrogens (primary N) is 1. The van der Waals surface area contributed by atoms with E-state index in [1.54, 1.807) is 11.3 Å². The van der Waals surface area contributed by atoms with Crippen molar-refractivity contribution in [2.75, 3.05) is 11.1 Å². The molecule has 0 amide bonds. The zero-order valence-corrected chi connectivity index (χ0v) is 6.93. The number of rotatable bonds is 2. The monoisotopic (exact) mass is 181 g/mol. The van der Waals surface area contributed by atoms with Gasteiger partial charge in [-0.1, -0.05) is 0 Å². The Hall–Kier alpha value is -1.56. The normalized spacial score (nSPS) is 10.0. The summed E-state index contributed by atoms with van der Waals surface area (Å²) >= 11 is 1.59. The summed E-state index contributed by atoms with van der Waals surface area (Å²) in [5, 5.41) is 13.4. The smallest absolute Gasteiger partial charge is 0.228 e. The van der Waals surface area contributed by atoms with Gasteiger partial charge in [-0.05, 0) is 17.5 Å². The molecule has 0 aliphatic carbocycles. The molecular weight excluding hydrogens is 174 g/mol. The quantitative estimate of drug-likeness (QED) is 0.650. The van der Waals surface area contributed by atoms with Gasteiger partial charge in [0.25, 0.3) is 0 Å². The predicted molar refractivity (Wildman–Crippen MR) is 48.4 cm³/mol. The van der Waals surface area contributed by atoms with Crippen LogP contribution in [0.2, 0.25) is 0 Å². The Labute approximate surface area is 72.6 Å². The Kier molecular flexibility index (Phi) is 1.67. The molecule has 4 N–H and O–H groups in total. The maximum absolute atomic E-state index is 5.34. The Morgan fingerprint density at radius 2 is 2.42 bits per heavy atom. The average Bonchev–Trinajstić information content (AvgIpc) is 2.63. The van der Waals surface area contributed by atoms with Crippen LogP contribution in [0.4, 0.5) is 16.9 Å². The van der Waals surface area contributed by atoms with Crippen molar-refractivity contribution in [2.45, 2.75) is 0 Å². The van der Waals surface area contributed by atoms with E-state index in [9.17, 15) is 0 Å². The summed E-state index contributed by atoms with van der Waals surface area (Å²) in [4.78, 5) is 2.77. The van der Waals surface area contributed by atoms with Crippen molar-refractivity contribution >= 4 is 28.2 Å². The second-order valence-corrected chi connectivity index (χ2v) is 3.11. The first-order valence-electron chi connectivity index (χ1n) is 3.33. The van der Waals surface area contributed by atoms with Crippen molar-refractivity contribution in [1.29, 1.82) is 0 Å². The van der Waals surface area contributed by atoms with E-state index in [0.29, 0.717) is 11.9 Å². The summed E-state index contributed by atoms with van der Waals surface area (Å²) in [7, 11) is 0. The summed E-state index contributed by atoms with van der Waals surface area (Å²) in [6.45, 7) is 0. The SMILES string of the molecule is Nc1nnc(Nc2cccs2)[nH]1. The summed E-state index contributed by atoms with van der Waals surface area (Å²) in [5.41, 5.74) is 5.34. The molecule has 0 radical (unpaired) electrons. The molecule has 0 aliphatic heterocycles. The van der Waals surface area contributed by atoms with Crippen molar-refractivity contribution in [3.8, 4) is 0 Å². The third-order valence-corrected chi connectivity index (χ3v) is 2.05. The standard InChI is InChI=1S/C6H7N5S/c7-5-9-6(11-10-5)8-4-2-1-3-12-4/h1-3H,(H4,7,8,9,10,11). The molecule has 12 heavy (non-hydrogen) atoms. The molecular formula is C6H7N5S. The molecule has 0 saturated heterocycles. The fraction of sp³-hybridized carbons (Fsp3) is 0. The van der Waals surface area contributed by atoms with E-state index < -0.39 is 0 Å². The molecule has 62 valence electrons. The summed E-state index contributed by atoms with van der Waals surface area (Å²) in [6.07, 6.45) is 0. The first kappa shape index (κ1) is 7.11. The van der Waals surface area contributed by atoms with E-state index in [1.807, 2.05) is 17.5 Å². The zero-order chi connectivity index (χ0) is 8.39. The molecule has 2 heterocycles. The molecule has 0 fully saturated rings. The van der Waals surface area contributed by atoms with E-state index >= 15 is 0 Å². The Bertz CT molecular complexity index is 352. The maximum Gasteiger partial charge on any atom is 0.228 e. The predicted octanol–water partition coefficient (Wildman–Crippen LogP) is 1.19. The molecule has 5 nitrogen and oxygen atoms in total. The van der Waals surface area contributed by atoms with Crippen LogP contribution in [0.1, 0.15) is 0 Å². The van der Waals surface area contributed by atoms with Gasteiger partial charge in [0.15, 0.2) is 0 Å². The van der Waals surface area contributed by atoms with Gasteiger partial charge in [-0.25, -0.2) is 0 Å². The van der Waals surface area contributed by atoms with Gasteiger partial charge < -0.3 is 11.1 Å². The molecule has 2 aromatic rings. The summed E-state index contributed by atoms with van der Waals surface area (Å²) in [5.74, 6) is 0.879. The lowest BCUT2D eigenvalue weighted by Crippen LogP contribution is -1.89. The van der Waals surface area contributed by atoms with Gasteiger partial charge in [0.05, 0.1) is 5.00 Å². The van der Waals surface area contributed by atoms with Crippen molar-refractivity contribution < 1.29 is 0 Å². The van der Waals surface area contributed by atoms with Crippen LogP contribution in [-0.2, 0) is 0 Å². The number of aromatic amines is 1. The van der Waals surface area contributed by atoms with E-state index in [-0.39, 0.29) is 0 Å². The number of hydrogen-bond acceptors (Lipinski definition) is 5. The number of anilines is 3. The number of nitrogens with one attached hydrogen (secondary N) is 2. The average molecular weight is 181 g/mol. The third-order valence-electron chi connectivity index (χ3n) is 1.27. The third kappa shape index (κ3) is 1.37. The minimum atomic E-state index is 0.314. The van der Waals surface area contributed by atoms with Gasteiger partial charge in [-0.3, -0.25) is 4.98 Å². The zero-order valence-electron chi connectivity index (χ0n) is 6.11. The van der Waals surface area contributed by atoms with Crippen molar-refractivity contribution in [1.82, 2.24) is 15.2 Å². The topological polar surface area (TPSA) is 79.6 Å². The fourth-order valence-electron chi connectivity index (χ4n) is 0.798. The highest BCUT2D eigenvalue weighted by molar-refractivity contribution is 7.14. The fourth-order valence-corrected chi connectivity index (χ4v) is 1.41. The van der Waals surface area contributed by atoms with E-state index in [0.717, 1.165) is 5.00 Å². The lowest BCUT2D eigenvalue weighted by atomic mass is 10.6. The second kappa shape index (κ2) is 2.82. The molecule has 2 rings (SSSR count). The highest BCUT2D eigenvalue weighted by atomic mass is 32.1. The maximum atomic E-state index is 5.34. The van der Waals surface area contributed by atoms with Crippen molar-refractivity contribution in [2.24, 2.45) is 0 Å². The van der Waals surface area contributed by atoms with E-state index in [2.05, 4.69) is 20.5 Å². The minimum absolute atomic E-state index is 0.314. The van der Waals surface area contributed by atoms with Crippen LogP contribution >= 0.6 is 11.3 Å². The van der Waals surface area contributed by atoms with Gasteiger partial charge in [-0.2, -0.15) is 0 Å². The van der Waals surface area contributed by atoms with Crippen molar-refractivity contribution in [3.63, 3.8) is 0 Å². The molecule has 0 spiro atoms. The van der Waals surface area contributed by atoms with Crippen LogP contribution in [-0.4, -0.2) is 15.2 Å². The minimum Gasteiger partial charge on any atom is -0.368 e. The number of nitrogens with zero attached hydrogens (tertiary/aromatic N) is 2. The van der Waals surface area contributed by atoms with Gasteiger partial charge in [-0.15, -0.1) is 21.5 Å². The van der Waals surface area contributed by atoms with Crippen LogP contribution in [0.3, 0.4) is 0 Å². The molecule has 0 unspecified atom stereocenters. The first-order chi connectivity index (χ1) is 5.84. The van der Waals surface area contributed by atoms with Crippen molar-refractivity contribution in [3.05, 3.63) is 17.5 Å². The Balaban J connectivity index is 2.14. The summed E-state index contributed by atoms with van der Waals surface area (Å²) in [6, 6.07) is 3.90. The van der Waals surface area contributed by atoms with Crippen LogP contribution in [0, 0.1) is 0 Å². The molecule has 0 aromatic carbocycles. The number of hydrogen-bond donors (Lipinski definition) is 3. The molecule has 6 heteroatoms. The number of H-pyrrole nitrogens is 1. The second-order valence-electron chi connectivity index (χ2n) is 2.16. The van der Waals surface area contributed by atoms with Crippen LogP contribution in [0.5, 0.6) is 0 Å². The first-order valence-corrected chi connectivity index (χ1v) is 4.21. The van der Waals surface area contributed by atoms with Crippen LogP contribution in [0.25, 0.3) is 0 Å². The molecule has 0 aliphatic rings. The highest BCUT2D eigenvalue weighted by Crippen LogP contribution is 2.18. The lowest BCUT2D eigenvalue weighted by Gasteiger charge is -1.94. The Morgan fingerprint density at radius 3 is 3.00 bits per heavy atom.